The molecule has 0 amide bonds. The van der Waals surface area contributed by atoms with Gasteiger partial charge in [-0.05, 0) is 55.3 Å². The number of aromatic nitrogens is 1. The van der Waals surface area contributed by atoms with Gasteiger partial charge in [-0.1, -0.05) is 23.7 Å². The highest BCUT2D eigenvalue weighted by atomic mass is 35.5. The summed E-state index contributed by atoms with van der Waals surface area (Å²) < 4.78 is 15.4. The highest BCUT2D eigenvalue weighted by Crippen LogP contribution is 2.28. The molecule has 0 radical (unpaired) electrons. The molecule has 3 rings (SSSR count). The maximum Gasteiger partial charge on any atom is 0.270 e. The molecule has 7 heteroatoms. The van der Waals surface area contributed by atoms with Crippen molar-refractivity contribution in [3.8, 4) is 11.8 Å². The number of nitro groups is 1. The number of nitriles is 1. The van der Waals surface area contributed by atoms with E-state index >= 15 is 0 Å². The van der Waals surface area contributed by atoms with Gasteiger partial charge in [0.05, 0.1) is 21.6 Å². The van der Waals surface area contributed by atoms with Gasteiger partial charge in [0, 0.05) is 29.2 Å². The molecule has 0 spiro atoms. The molecular weight excluding hydrogens is 381 g/mol. The van der Waals surface area contributed by atoms with Gasteiger partial charge in [-0.2, -0.15) is 5.26 Å². The molecule has 0 aliphatic rings. The van der Waals surface area contributed by atoms with Crippen molar-refractivity contribution in [2.24, 2.45) is 0 Å². The van der Waals surface area contributed by atoms with Crippen LogP contribution in [-0.4, -0.2) is 9.49 Å². The fourth-order valence-corrected chi connectivity index (χ4v) is 3.25. The van der Waals surface area contributed by atoms with Crippen molar-refractivity contribution in [1.82, 2.24) is 4.57 Å². The zero-order chi connectivity index (χ0) is 20.4. The number of halogens is 2. The maximum absolute atomic E-state index is 13.5. The number of nitrogens with zero attached hydrogens (tertiary/aromatic N) is 3. The van der Waals surface area contributed by atoms with E-state index in [1.807, 2.05) is 24.5 Å². The molecule has 5 nitrogen and oxygen atoms in total. The van der Waals surface area contributed by atoms with Crippen LogP contribution in [0.2, 0.25) is 5.02 Å². The third-order valence-corrected chi connectivity index (χ3v) is 4.71. The second-order valence-corrected chi connectivity index (χ2v) is 6.64. The predicted octanol–water partition coefficient (Wildman–Crippen LogP) is 5.86. The van der Waals surface area contributed by atoms with Crippen LogP contribution in [0.1, 0.15) is 22.5 Å². The number of benzene rings is 2. The zero-order valence-electron chi connectivity index (χ0n) is 15.1. The van der Waals surface area contributed by atoms with E-state index in [4.69, 9.17) is 11.6 Å². The lowest BCUT2D eigenvalue weighted by Crippen LogP contribution is -1.99. The third kappa shape index (κ3) is 3.66. The van der Waals surface area contributed by atoms with Crippen molar-refractivity contribution in [3.05, 3.63) is 92.0 Å². The van der Waals surface area contributed by atoms with Gasteiger partial charge in [0.1, 0.15) is 5.82 Å². The van der Waals surface area contributed by atoms with E-state index in [1.165, 1.54) is 24.3 Å². The SMILES string of the molecule is Cc1cc(C=C(C#N)c2cccc([N+](=O)[O-])c2)c(C)n1-c1ccc(F)c(Cl)c1. The molecular formula is C21H15ClFN3O2. The molecule has 2 aromatic carbocycles. The van der Waals surface area contributed by atoms with E-state index in [-0.39, 0.29) is 10.7 Å². The van der Waals surface area contributed by atoms with Crippen molar-refractivity contribution in [2.75, 3.05) is 0 Å². The first kappa shape index (κ1) is 19.3. The quantitative estimate of drug-likeness (QED) is 0.315. The largest absolute Gasteiger partial charge is 0.318 e. The number of hydrogen-bond donors (Lipinski definition) is 0. The minimum absolute atomic E-state index is 0.0244. The molecule has 0 atom stereocenters. The Balaban J connectivity index is 2.09. The van der Waals surface area contributed by atoms with Crippen LogP contribution in [0.5, 0.6) is 0 Å². The minimum Gasteiger partial charge on any atom is -0.318 e. The van der Waals surface area contributed by atoms with Gasteiger partial charge in [0.25, 0.3) is 5.69 Å². The van der Waals surface area contributed by atoms with Crippen molar-refractivity contribution >= 4 is 28.9 Å². The lowest BCUT2D eigenvalue weighted by atomic mass is 10.0. The van der Waals surface area contributed by atoms with Crippen LogP contribution in [0.4, 0.5) is 10.1 Å². The Labute approximate surface area is 166 Å². The molecule has 0 aliphatic carbocycles. The molecule has 0 fully saturated rings. The molecule has 28 heavy (non-hydrogen) atoms. The standard InChI is InChI=1S/C21H15ClFN3O2/c1-13-8-16(14(2)25(13)18-6-7-21(23)20(22)11-18)9-17(12-24)15-4-3-5-19(10-15)26(27)28/h3-11H,1-2H3. The molecule has 0 bridgehead atoms. The van der Waals surface area contributed by atoms with Gasteiger partial charge in [-0.3, -0.25) is 10.1 Å². The first-order valence-electron chi connectivity index (χ1n) is 8.33. The van der Waals surface area contributed by atoms with Crippen molar-refractivity contribution < 1.29 is 9.31 Å². The normalized spacial score (nSPS) is 11.3. The first-order valence-corrected chi connectivity index (χ1v) is 8.70. The summed E-state index contributed by atoms with van der Waals surface area (Å²) in [7, 11) is 0. The average molecular weight is 396 g/mol. The monoisotopic (exact) mass is 395 g/mol. The topological polar surface area (TPSA) is 71.9 Å². The molecule has 0 saturated heterocycles. The van der Waals surface area contributed by atoms with E-state index in [0.717, 1.165) is 17.0 Å². The highest BCUT2D eigenvalue weighted by molar-refractivity contribution is 6.30. The van der Waals surface area contributed by atoms with E-state index in [0.29, 0.717) is 16.8 Å². The molecule has 3 aromatic rings. The Morgan fingerprint density at radius 1 is 1.25 bits per heavy atom. The smallest absolute Gasteiger partial charge is 0.270 e. The fourth-order valence-electron chi connectivity index (χ4n) is 3.08. The van der Waals surface area contributed by atoms with Crippen LogP contribution in [0.15, 0.2) is 48.5 Å². The number of hydrogen-bond acceptors (Lipinski definition) is 3. The number of allylic oxidation sites excluding steroid dienone is 1. The van der Waals surface area contributed by atoms with Gasteiger partial charge < -0.3 is 4.57 Å². The second kappa shape index (κ2) is 7.67. The van der Waals surface area contributed by atoms with Crippen molar-refractivity contribution in [2.45, 2.75) is 13.8 Å². The summed E-state index contributed by atoms with van der Waals surface area (Å²) in [6.45, 7) is 3.76. The summed E-state index contributed by atoms with van der Waals surface area (Å²) in [5.41, 5.74) is 3.88. The molecule has 0 aliphatic heterocycles. The first-order chi connectivity index (χ1) is 13.3. The Bertz CT molecular complexity index is 1160. The highest BCUT2D eigenvalue weighted by Gasteiger charge is 2.13. The van der Waals surface area contributed by atoms with E-state index in [2.05, 4.69) is 6.07 Å². The summed E-state index contributed by atoms with van der Waals surface area (Å²) in [4.78, 5) is 10.5. The number of nitro benzene ring substituents is 1. The summed E-state index contributed by atoms with van der Waals surface area (Å²) in [5, 5.41) is 20.6. The van der Waals surface area contributed by atoms with E-state index in [9.17, 15) is 19.8 Å². The summed E-state index contributed by atoms with van der Waals surface area (Å²) in [6, 6.07) is 14.4. The summed E-state index contributed by atoms with van der Waals surface area (Å²) >= 11 is 5.90. The molecule has 1 aromatic heterocycles. The van der Waals surface area contributed by atoms with Crippen LogP contribution in [-0.2, 0) is 0 Å². The maximum atomic E-state index is 13.5. The van der Waals surface area contributed by atoms with E-state index < -0.39 is 10.7 Å². The molecule has 0 saturated carbocycles. The summed E-state index contributed by atoms with van der Waals surface area (Å²) in [5.74, 6) is -0.495. The minimum atomic E-state index is -0.497. The predicted molar refractivity (Wildman–Crippen MR) is 107 cm³/mol. The fraction of sp³-hybridized carbons (Fsp3) is 0.0952. The molecule has 0 N–H and O–H groups in total. The van der Waals surface area contributed by atoms with Gasteiger partial charge in [-0.25, -0.2) is 4.39 Å². The number of aryl methyl sites for hydroxylation is 1. The Morgan fingerprint density at radius 3 is 2.64 bits per heavy atom. The molecule has 140 valence electrons. The van der Waals surface area contributed by atoms with Crippen LogP contribution in [0.25, 0.3) is 17.3 Å². The summed E-state index contributed by atoms with van der Waals surface area (Å²) in [6.07, 6.45) is 1.68. The van der Waals surface area contributed by atoms with Crippen molar-refractivity contribution in [3.63, 3.8) is 0 Å². The zero-order valence-corrected chi connectivity index (χ0v) is 15.9. The van der Waals surface area contributed by atoms with Gasteiger partial charge in [0.2, 0.25) is 0 Å². The Hall–Kier alpha value is -3.43. The molecule has 1 heterocycles. The van der Waals surface area contributed by atoms with Crippen LogP contribution in [0, 0.1) is 41.1 Å². The number of non-ortho nitro benzene ring substituents is 1. The van der Waals surface area contributed by atoms with Crippen LogP contribution < -0.4 is 0 Å². The van der Waals surface area contributed by atoms with Gasteiger partial charge in [0.15, 0.2) is 0 Å². The van der Waals surface area contributed by atoms with Crippen molar-refractivity contribution in [1.29, 1.82) is 5.26 Å². The van der Waals surface area contributed by atoms with Gasteiger partial charge >= 0.3 is 0 Å². The lowest BCUT2D eigenvalue weighted by Gasteiger charge is -2.10. The number of rotatable bonds is 4. The average Bonchev–Trinajstić information content (AvgIpc) is 2.95. The molecule has 0 unspecified atom stereocenters. The van der Waals surface area contributed by atoms with Crippen LogP contribution >= 0.6 is 11.6 Å². The van der Waals surface area contributed by atoms with Gasteiger partial charge in [-0.15, -0.1) is 0 Å². The second-order valence-electron chi connectivity index (χ2n) is 6.24. The Morgan fingerprint density at radius 2 is 2.00 bits per heavy atom. The lowest BCUT2D eigenvalue weighted by molar-refractivity contribution is -0.384. The van der Waals surface area contributed by atoms with E-state index in [1.54, 1.807) is 24.3 Å². The van der Waals surface area contributed by atoms with Crippen LogP contribution in [0.3, 0.4) is 0 Å². The Kier molecular flexibility index (Phi) is 5.30. The third-order valence-electron chi connectivity index (χ3n) is 4.42.